The van der Waals surface area contributed by atoms with Crippen LogP contribution in [0.25, 0.3) is 0 Å². The highest BCUT2D eigenvalue weighted by atomic mass is 32.2. The van der Waals surface area contributed by atoms with Gasteiger partial charge in [-0.05, 0) is 73.0 Å². The first-order valence-electron chi connectivity index (χ1n) is 13.4. The second-order valence-corrected chi connectivity index (χ2v) is 11.3. The summed E-state index contributed by atoms with van der Waals surface area (Å²) in [5.74, 6) is -0.879. The van der Waals surface area contributed by atoms with Crippen molar-refractivity contribution in [2.45, 2.75) is 30.8 Å². The minimum atomic E-state index is -3.92. The molecular formula is C32H32FN3O5S. The lowest BCUT2D eigenvalue weighted by Gasteiger charge is -2.28. The van der Waals surface area contributed by atoms with Crippen molar-refractivity contribution in [2.24, 2.45) is 0 Å². The molecule has 218 valence electrons. The lowest BCUT2D eigenvalue weighted by atomic mass is 10.1. The zero-order valence-corrected chi connectivity index (χ0v) is 23.9. The molecule has 0 aliphatic rings. The Morgan fingerprint density at radius 2 is 1.43 bits per heavy atom. The van der Waals surface area contributed by atoms with Gasteiger partial charge in [-0.2, -0.15) is 0 Å². The smallest absolute Gasteiger partial charge is 0.261 e. The molecule has 4 aromatic carbocycles. The van der Waals surface area contributed by atoms with Crippen molar-refractivity contribution in [1.29, 1.82) is 0 Å². The second-order valence-electron chi connectivity index (χ2n) is 9.58. The third-order valence-electron chi connectivity index (χ3n) is 6.51. The Bertz CT molecular complexity index is 1570. The van der Waals surface area contributed by atoms with Gasteiger partial charge in [0.1, 0.15) is 17.6 Å². The monoisotopic (exact) mass is 589 g/mol. The summed E-state index contributed by atoms with van der Waals surface area (Å²) in [5.41, 5.74) is 2.18. The van der Waals surface area contributed by atoms with E-state index in [2.05, 4.69) is 10.0 Å². The topological polar surface area (TPSA) is 105 Å². The van der Waals surface area contributed by atoms with Crippen molar-refractivity contribution in [2.75, 3.05) is 17.9 Å². The van der Waals surface area contributed by atoms with Crippen LogP contribution in [0.15, 0.2) is 114 Å². The lowest BCUT2D eigenvalue weighted by molar-refractivity contribution is -0.142. The zero-order valence-electron chi connectivity index (χ0n) is 23.1. The van der Waals surface area contributed by atoms with Gasteiger partial charge in [0, 0.05) is 18.8 Å². The van der Waals surface area contributed by atoms with E-state index in [1.165, 1.54) is 41.3 Å². The van der Waals surface area contributed by atoms with Gasteiger partial charge in [0.15, 0.2) is 6.61 Å². The van der Waals surface area contributed by atoms with Crippen LogP contribution in [0.1, 0.15) is 18.1 Å². The van der Waals surface area contributed by atoms with E-state index < -0.39 is 27.8 Å². The van der Waals surface area contributed by atoms with Gasteiger partial charge in [-0.1, -0.05) is 60.7 Å². The molecule has 10 heteroatoms. The molecule has 42 heavy (non-hydrogen) atoms. The molecule has 0 aliphatic carbocycles. The van der Waals surface area contributed by atoms with E-state index in [1.807, 2.05) is 60.7 Å². The number of nitrogens with one attached hydrogen (secondary N) is 2. The van der Waals surface area contributed by atoms with Gasteiger partial charge in [-0.3, -0.25) is 14.3 Å². The largest absolute Gasteiger partial charge is 0.484 e. The van der Waals surface area contributed by atoms with Crippen molar-refractivity contribution < 1.29 is 27.1 Å². The minimum absolute atomic E-state index is 0.0306. The molecule has 0 aromatic heterocycles. The van der Waals surface area contributed by atoms with Crippen LogP contribution in [-0.2, 0) is 32.6 Å². The van der Waals surface area contributed by atoms with Crippen LogP contribution < -0.4 is 14.8 Å². The Hall–Kier alpha value is -4.70. The van der Waals surface area contributed by atoms with E-state index in [4.69, 9.17) is 4.74 Å². The maximum absolute atomic E-state index is 13.3. The predicted octanol–water partition coefficient (Wildman–Crippen LogP) is 4.78. The Balaban J connectivity index is 1.37. The van der Waals surface area contributed by atoms with Gasteiger partial charge in [0.05, 0.1) is 4.90 Å². The maximum Gasteiger partial charge on any atom is 0.261 e. The van der Waals surface area contributed by atoms with Crippen molar-refractivity contribution >= 4 is 27.5 Å². The summed E-state index contributed by atoms with van der Waals surface area (Å²) in [7, 11) is -3.92. The molecule has 1 atom stereocenters. The third-order valence-corrected chi connectivity index (χ3v) is 7.91. The number of nitrogens with zero attached hydrogens (tertiary/aromatic N) is 1. The summed E-state index contributed by atoms with van der Waals surface area (Å²) < 4.78 is 46.5. The number of benzene rings is 4. The van der Waals surface area contributed by atoms with E-state index in [0.717, 1.165) is 23.3 Å². The molecule has 2 N–H and O–H groups in total. The van der Waals surface area contributed by atoms with Crippen LogP contribution in [-0.4, -0.2) is 44.3 Å². The van der Waals surface area contributed by atoms with Crippen LogP contribution in [0.2, 0.25) is 0 Å². The summed E-state index contributed by atoms with van der Waals surface area (Å²) in [5, 5.41) is 2.91. The van der Waals surface area contributed by atoms with E-state index in [0.29, 0.717) is 13.0 Å². The standard InChI is InChI=1S/C32H32FN3O5S/c1-24(32(38)34-21-20-25-8-4-2-5-9-25)36(22-26-10-6-3-7-11-26)31(37)23-41-29-16-18-30(19-17-29)42(39,40)35-28-14-12-27(33)13-15-28/h2-19,24,35H,20-23H2,1H3,(H,34,38)/t24-/m0/s1. The predicted molar refractivity (Wildman–Crippen MR) is 159 cm³/mol. The van der Waals surface area contributed by atoms with E-state index in [-0.39, 0.29) is 35.4 Å². The third kappa shape index (κ3) is 8.65. The number of halogens is 1. The van der Waals surface area contributed by atoms with Gasteiger partial charge in [-0.15, -0.1) is 0 Å². The second kappa shape index (κ2) is 14.3. The summed E-state index contributed by atoms with van der Waals surface area (Å²) in [4.78, 5) is 27.7. The number of hydrogen-bond acceptors (Lipinski definition) is 5. The first-order chi connectivity index (χ1) is 20.2. The molecule has 0 saturated heterocycles. The molecule has 0 unspecified atom stereocenters. The minimum Gasteiger partial charge on any atom is -0.484 e. The van der Waals surface area contributed by atoms with Gasteiger partial charge in [0.2, 0.25) is 5.91 Å². The molecule has 0 bridgehead atoms. The van der Waals surface area contributed by atoms with Gasteiger partial charge in [0.25, 0.3) is 15.9 Å². The van der Waals surface area contributed by atoms with Crippen LogP contribution >= 0.6 is 0 Å². The number of anilines is 1. The fraction of sp³-hybridized carbons (Fsp3) is 0.188. The number of carbonyl (C=O) groups excluding carboxylic acids is 2. The molecule has 0 aliphatic heterocycles. The van der Waals surface area contributed by atoms with E-state index in [9.17, 15) is 22.4 Å². The number of sulfonamides is 1. The highest BCUT2D eigenvalue weighted by Gasteiger charge is 2.26. The Morgan fingerprint density at radius 3 is 2.05 bits per heavy atom. The fourth-order valence-electron chi connectivity index (χ4n) is 4.16. The van der Waals surface area contributed by atoms with Crippen molar-refractivity contribution in [3.05, 3.63) is 126 Å². The zero-order chi connectivity index (χ0) is 30.0. The van der Waals surface area contributed by atoms with Crippen molar-refractivity contribution in [1.82, 2.24) is 10.2 Å². The van der Waals surface area contributed by atoms with Crippen LogP contribution in [0.4, 0.5) is 10.1 Å². The lowest BCUT2D eigenvalue weighted by Crippen LogP contribution is -2.49. The average molecular weight is 590 g/mol. The Kier molecular flexibility index (Phi) is 10.3. The molecule has 0 radical (unpaired) electrons. The Morgan fingerprint density at radius 1 is 0.833 bits per heavy atom. The number of ether oxygens (including phenoxy) is 1. The molecule has 0 spiro atoms. The van der Waals surface area contributed by atoms with Crippen LogP contribution in [0.5, 0.6) is 5.75 Å². The first kappa shape index (κ1) is 30.3. The molecule has 4 aromatic rings. The summed E-state index contributed by atoms with van der Waals surface area (Å²) >= 11 is 0. The molecule has 0 saturated carbocycles. The van der Waals surface area contributed by atoms with Crippen LogP contribution in [0.3, 0.4) is 0 Å². The molecular weight excluding hydrogens is 557 g/mol. The number of hydrogen-bond donors (Lipinski definition) is 2. The van der Waals surface area contributed by atoms with Gasteiger partial charge >= 0.3 is 0 Å². The van der Waals surface area contributed by atoms with Crippen LogP contribution in [0, 0.1) is 5.82 Å². The number of carbonyl (C=O) groups is 2. The molecule has 4 rings (SSSR count). The summed E-state index contributed by atoms with van der Waals surface area (Å²) in [6.07, 6.45) is 0.667. The number of rotatable bonds is 13. The van der Waals surface area contributed by atoms with E-state index in [1.54, 1.807) is 6.92 Å². The SMILES string of the molecule is C[C@@H](C(=O)NCCc1ccccc1)N(Cc1ccccc1)C(=O)COc1ccc(S(=O)(=O)Nc2ccc(F)cc2)cc1. The molecule has 8 nitrogen and oxygen atoms in total. The fourth-order valence-corrected chi connectivity index (χ4v) is 5.22. The van der Waals surface area contributed by atoms with Crippen molar-refractivity contribution in [3.8, 4) is 5.75 Å². The molecule has 2 amide bonds. The number of amides is 2. The maximum atomic E-state index is 13.3. The first-order valence-corrected chi connectivity index (χ1v) is 14.9. The van der Waals surface area contributed by atoms with Gasteiger partial charge in [-0.25, -0.2) is 12.8 Å². The quantitative estimate of drug-likeness (QED) is 0.234. The van der Waals surface area contributed by atoms with E-state index >= 15 is 0 Å². The summed E-state index contributed by atoms with van der Waals surface area (Å²) in [6.45, 7) is 1.96. The van der Waals surface area contributed by atoms with Crippen molar-refractivity contribution in [3.63, 3.8) is 0 Å². The van der Waals surface area contributed by atoms with Gasteiger partial charge < -0.3 is 15.0 Å². The highest BCUT2D eigenvalue weighted by Crippen LogP contribution is 2.20. The highest BCUT2D eigenvalue weighted by molar-refractivity contribution is 7.92. The molecule has 0 heterocycles. The normalized spacial score (nSPS) is 11.8. The summed E-state index contributed by atoms with van der Waals surface area (Å²) in [6, 6.07) is 28.9. The average Bonchev–Trinajstić information content (AvgIpc) is 3.00. The molecule has 0 fully saturated rings. The Labute approximate surface area is 245 Å².